The molecule has 0 saturated heterocycles. The molecule has 0 unspecified atom stereocenters. The maximum Gasteiger partial charge on any atom is 0.434 e. The lowest BCUT2D eigenvalue weighted by molar-refractivity contribution is -0.141. The van der Waals surface area contributed by atoms with Crippen LogP contribution in [0.5, 0.6) is 5.75 Å². The second kappa shape index (κ2) is 10.4. The van der Waals surface area contributed by atoms with Crippen LogP contribution in [0.4, 0.5) is 22.0 Å². The van der Waals surface area contributed by atoms with Gasteiger partial charge in [0.05, 0.1) is 28.2 Å². The summed E-state index contributed by atoms with van der Waals surface area (Å²) in [4.78, 5) is 3.76. The summed E-state index contributed by atoms with van der Waals surface area (Å²) in [5.74, 6) is -0.00879. The fraction of sp³-hybridized carbons (Fsp3) is 0.148. The van der Waals surface area contributed by atoms with Gasteiger partial charge in [-0.05, 0) is 66.6 Å². The lowest BCUT2D eigenvalue weighted by atomic mass is 10.0. The lowest BCUT2D eigenvalue weighted by Gasteiger charge is -2.16. The minimum atomic E-state index is -4.68. The van der Waals surface area contributed by atoms with Crippen LogP contribution in [0.2, 0.25) is 0 Å². The van der Waals surface area contributed by atoms with E-state index in [4.69, 9.17) is 0 Å². The average molecular weight is 590 g/mol. The molecule has 41 heavy (non-hydrogen) atoms. The maximum atomic E-state index is 13.5. The van der Waals surface area contributed by atoms with E-state index in [-0.39, 0.29) is 22.2 Å². The molecular weight excluding hydrogens is 569 g/mol. The third-order valence-electron chi connectivity index (χ3n) is 6.16. The maximum absolute atomic E-state index is 13.5. The van der Waals surface area contributed by atoms with Crippen molar-refractivity contribution in [1.29, 1.82) is 0 Å². The van der Waals surface area contributed by atoms with Crippen molar-refractivity contribution in [1.82, 2.24) is 24.5 Å². The number of ether oxygens (including phenoxy) is 1. The van der Waals surface area contributed by atoms with Crippen molar-refractivity contribution in [2.24, 2.45) is 0 Å². The number of benzene rings is 3. The molecule has 0 N–H and O–H groups in total. The Morgan fingerprint density at radius 3 is 2.22 bits per heavy atom. The second-order valence-electron chi connectivity index (χ2n) is 8.98. The minimum Gasteiger partial charge on any atom is -0.435 e. The van der Waals surface area contributed by atoms with Crippen LogP contribution >= 0.6 is 0 Å². The number of alkyl halides is 5. The summed E-state index contributed by atoms with van der Waals surface area (Å²) >= 11 is 0. The first-order valence-electron chi connectivity index (χ1n) is 11.9. The van der Waals surface area contributed by atoms with Crippen LogP contribution in [-0.2, 0) is 16.0 Å². The molecule has 5 rings (SSSR count). The van der Waals surface area contributed by atoms with Gasteiger partial charge in [-0.1, -0.05) is 23.4 Å². The van der Waals surface area contributed by atoms with Crippen molar-refractivity contribution in [2.75, 3.05) is 6.26 Å². The number of imidazole rings is 1. The summed E-state index contributed by atoms with van der Waals surface area (Å²) in [6, 6.07) is 16.8. The van der Waals surface area contributed by atoms with Gasteiger partial charge in [0.25, 0.3) is 0 Å². The van der Waals surface area contributed by atoms with Crippen LogP contribution in [0.3, 0.4) is 0 Å². The Hall–Kier alpha value is -4.59. The molecule has 0 amide bonds. The van der Waals surface area contributed by atoms with Crippen molar-refractivity contribution in [2.45, 2.75) is 24.6 Å². The van der Waals surface area contributed by atoms with Crippen LogP contribution in [0, 0.1) is 6.92 Å². The number of hydrogen-bond acceptors (Lipinski definition) is 6. The van der Waals surface area contributed by atoms with E-state index in [0.29, 0.717) is 28.1 Å². The molecule has 2 aromatic heterocycles. The van der Waals surface area contributed by atoms with Gasteiger partial charge in [0.1, 0.15) is 11.6 Å². The summed E-state index contributed by atoms with van der Waals surface area (Å²) in [5, 5.41) is 8.13. The SMILES string of the molecule is Cc1nc(C(F)(F)F)cn1-c1ccc(-c2cccc(S(C)(=O)=O)c2)cc1-n1nncc1-c1ccc(OC(F)F)cc1. The van der Waals surface area contributed by atoms with E-state index in [2.05, 4.69) is 20.0 Å². The smallest absolute Gasteiger partial charge is 0.434 e. The fourth-order valence-corrected chi connectivity index (χ4v) is 4.92. The summed E-state index contributed by atoms with van der Waals surface area (Å²) < 4.78 is 97.0. The van der Waals surface area contributed by atoms with Crippen LogP contribution in [0.15, 0.2) is 84.0 Å². The third-order valence-corrected chi connectivity index (χ3v) is 7.27. The Bertz CT molecular complexity index is 1830. The molecule has 2 heterocycles. The van der Waals surface area contributed by atoms with Gasteiger partial charge < -0.3 is 9.30 Å². The van der Waals surface area contributed by atoms with Crippen molar-refractivity contribution in [3.8, 4) is 39.5 Å². The standard InChI is InChI=1S/C27H20F5N5O3S/c1-16-34-25(27(30,31)32)15-36(16)22-11-8-19(18-4-3-5-21(12-18)41(2,38)39)13-23(22)37-24(14-33-35-37)17-6-9-20(10-7-17)40-26(28)29/h3-15,26H,1-2H3. The third kappa shape index (κ3) is 5.82. The summed E-state index contributed by atoms with van der Waals surface area (Å²) in [6.07, 6.45) is -1.32. The Morgan fingerprint density at radius 2 is 1.59 bits per heavy atom. The quantitative estimate of drug-likeness (QED) is 0.213. The van der Waals surface area contributed by atoms with Gasteiger partial charge in [0, 0.05) is 18.0 Å². The first kappa shape index (κ1) is 28.0. The molecular formula is C27H20F5N5O3S. The Labute approximate surface area is 230 Å². The largest absolute Gasteiger partial charge is 0.435 e. The minimum absolute atomic E-state index is 0.0561. The first-order valence-corrected chi connectivity index (χ1v) is 13.7. The summed E-state index contributed by atoms with van der Waals surface area (Å²) in [6.45, 7) is -1.58. The van der Waals surface area contributed by atoms with E-state index in [1.165, 1.54) is 58.8 Å². The fourth-order valence-electron chi connectivity index (χ4n) is 4.25. The molecule has 8 nitrogen and oxygen atoms in total. The number of nitrogens with zero attached hydrogens (tertiary/aromatic N) is 5. The van der Waals surface area contributed by atoms with E-state index in [0.717, 1.165) is 12.5 Å². The number of aromatic nitrogens is 5. The lowest BCUT2D eigenvalue weighted by Crippen LogP contribution is -2.08. The molecule has 0 saturated carbocycles. The number of hydrogen-bond donors (Lipinski definition) is 0. The monoisotopic (exact) mass is 589 g/mol. The van der Waals surface area contributed by atoms with E-state index in [1.807, 2.05) is 0 Å². The van der Waals surface area contributed by atoms with Gasteiger partial charge in [0.15, 0.2) is 15.5 Å². The molecule has 0 atom stereocenters. The van der Waals surface area contributed by atoms with Crippen molar-refractivity contribution < 1.29 is 35.1 Å². The van der Waals surface area contributed by atoms with E-state index in [9.17, 15) is 30.4 Å². The van der Waals surface area contributed by atoms with Gasteiger partial charge in [-0.25, -0.2) is 18.1 Å². The van der Waals surface area contributed by atoms with E-state index in [1.54, 1.807) is 30.3 Å². The molecule has 0 radical (unpaired) electrons. The van der Waals surface area contributed by atoms with Crippen LogP contribution in [-0.4, -0.2) is 45.8 Å². The molecule has 0 aliphatic heterocycles. The highest BCUT2D eigenvalue weighted by Gasteiger charge is 2.34. The van der Waals surface area contributed by atoms with Gasteiger partial charge in [0.2, 0.25) is 0 Å². The number of rotatable bonds is 7. The second-order valence-corrected chi connectivity index (χ2v) is 11.0. The van der Waals surface area contributed by atoms with Gasteiger partial charge >= 0.3 is 12.8 Å². The molecule has 0 bridgehead atoms. The molecule has 14 heteroatoms. The number of halogens is 5. The molecule has 0 aliphatic rings. The van der Waals surface area contributed by atoms with Crippen molar-refractivity contribution in [3.63, 3.8) is 0 Å². The van der Waals surface area contributed by atoms with E-state index < -0.39 is 28.3 Å². The molecule has 0 spiro atoms. The highest BCUT2D eigenvalue weighted by Crippen LogP contribution is 2.34. The molecule has 5 aromatic rings. The highest BCUT2D eigenvalue weighted by molar-refractivity contribution is 7.90. The zero-order valence-corrected chi connectivity index (χ0v) is 22.2. The van der Waals surface area contributed by atoms with Crippen LogP contribution < -0.4 is 4.74 Å². The summed E-state index contributed by atoms with van der Waals surface area (Å²) in [7, 11) is -3.51. The van der Waals surface area contributed by atoms with Crippen molar-refractivity contribution >= 4 is 9.84 Å². The Kier molecular flexibility index (Phi) is 7.11. The zero-order chi connectivity index (χ0) is 29.5. The molecule has 212 valence electrons. The first-order chi connectivity index (χ1) is 19.3. The van der Waals surface area contributed by atoms with Crippen molar-refractivity contribution in [3.05, 3.63) is 90.6 Å². The van der Waals surface area contributed by atoms with E-state index >= 15 is 0 Å². The number of aryl methyl sites for hydroxylation is 1. The Balaban J connectivity index is 1.70. The number of sulfone groups is 1. The highest BCUT2D eigenvalue weighted by atomic mass is 32.2. The zero-order valence-electron chi connectivity index (χ0n) is 21.3. The van der Waals surface area contributed by atoms with Gasteiger partial charge in [-0.2, -0.15) is 22.0 Å². The normalized spacial score (nSPS) is 12.2. The van der Waals surface area contributed by atoms with Crippen LogP contribution in [0.25, 0.3) is 33.8 Å². The predicted octanol–water partition coefficient (Wildman–Crippen LogP) is 6.12. The predicted molar refractivity (Wildman–Crippen MR) is 139 cm³/mol. The molecule has 0 fully saturated rings. The topological polar surface area (TPSA) is 91.9 Å². The molecule has 0 aliphatic carbocycles. The van der Waals surface area contributed by atoms with Gasteiger partial charge in [-0.15, -0.1) is 5.10 Å². The summed E-state index contributed by atoms with van der Waals surface area (Å²) in [5.41, 5.74) is 1.47. The molecule has 3 aromatic carbocycles. The Morgan fingerprint density at radius 1 is 0.902 bits per heavy atom. The van der Waals surface area contributed by atoms with Crippen LogP contribution in [0.1, 0.15) is 11.5 Å². The van der Waals surface area contributed by atoms with Gasteiger partial charge in [-0.3, -0.25) is 0 Å². The average Bonchev–Trinajstić information content (AvgIpc) is 3.55.